The molecular formula is C14H7ClF2I2N2. The highest BCUT2D eigenvalue weighted by Gasteiger charge is 2.16. The van der Waals surface area contributed by atoms with Gasteiger partial charge < -0.3 is 0 Å². The minimum absolute atomic E-state index is 0.181. The van der Waals surface area contributed by atoms with Gasteiger partial charge in [0, 0.05) is 9.64 Å². The van der Waals surface area contributed by atoms with Crippen molar-refractivity contribution in [2.24, 2.45) is 0 Å². The van der Waals surface area contributed by atoms with Crippen LogP contribution in [0.5, 0.6) is 0 Å². The van der Waals surface area contributed by atoms with Crippen molar-refractivity contribution in [1.29, 1.82) is 0 Å². The predicted molar refractivity (Wildman–Crippen MR) is 96.0 cm³/mol. The molecule has 1 heterocycles. The third kappa shape index (κ3) is 2.77. The molecule has 0 aliphatic heterocycles. The van der Waals surface area contributed by atoms with E-state index >= 15 is 0 Å². The summed E-state index contributed by atoms with van der Waals surface area (Å²) in [4.78, 5) is 4.44. The van der Waals surface area contributed by atoms with Crippen LogP contribution in [-0.4, -0.2) is 9.55 Å². The second-order valence-corrected chi connectivity index (χ2v) is 6.94. The molecule has 0 amide bonds. The molecule has 0 aliphatic rings. The third-order valence-corrected chi connectivity index (χ3v) is 4.97. The molecule has 1 aromatic heterocycles. The standard InChI is InChI=1S/C14H7ClF2I2N2/c15-6-14-20-11-5-9(18)8(17)4-13(11)21(14)12-2-1-7(16)3-10(12)19/h1-5H,6H2. The Labute approximate surface area is 151 Å². The normalized spacial score (nSPS) is 11.3. The fraction of sp³-hybridized carbons (Fsp3) is 0.0714. The zero-order valence-corrected chi connectivity index (χ0v) is 15.4. The first-order valence-electron chi connectivity index (χ1n) is 5.89. The van der Waals surface area contributed by atoms with Crippen LogP contribution in [0.15, 0.2) is 30.3 Å². The van der Waals surface area contributed by atoms with Gasteiger partial charge in [-0.2, -0.15) is 0 Å². The molecule has 0 radical (unpaired) electrons. The summed E-state index contributed by atoms with van der Waals surface area (Å²) in [7, 11) is 0. The van der Waals surface area contributed by atoms with Gasteiger partial charge in [-0.25, -0.2) is 13.8 Å². The summed E-state index contributed by atoms with van der Waals surface area (Å²) in [5, 5.41) is 0. The molecule has 0 atom stereocenters. The van der Waals surface area contributed by atoms with Gasteiger partial charge in [0.25, 0.3) is 0 Å². The quantitative estimate of drug-likeness (QED) is 0.327. The number of imidazole rings is 1. The maximum atomic E-state index is 13.9. The van der Waals surface area contributed by atoms with Crippen molar-refractivity contribution < 1.29 is 8.78 Å². The fourth-order valence-electron chi connectivity index (χ4n) is 2.14. The Bertz CT molecular complexity index is 849. The molecule has 3 aromatic rings. The summed E-state index contributed by atoms with van der Waals surface area (Å²) >= 11 is 9.93. The van der Waals surface area contributed by atoms with E-state index in [1.807, 2.05) is 45.2 Å². The first-order chi connectivity index (χ1) is 10.0. The van der Waals surface area contributed by atoms with Gasteiger partial charge in [0.05, 0.1) is 26.2 Å². The van der Waals surface area contributed by atoms with Crippen molar-refractivity contribution in [1.82, 2.24) is 9.55 Å². The van der Waals surface area contributed by atoms with E-state index in [9.17, 15) is 8.78 Å². The fourth-order valence-corrected chi connectivity index (χ4v) is 3.49. The molecule has 2 aromatic carbocycles. The Morgan fingerprint density at radius 1 is 1.10 bits per heavy atom. The van der Waals surface area contributed by atoms with Crippen LogP contribution < -0.4 is 0 Å². The number of hydrogen-bond acceptors (Lipinski definition) is 1. The molecule has 108 valence electrons. The zero-order chi connectivity index (χ0) is 15.1. The SMILES string of the molecule is Fc1ccc(-n2c(CCl)nc3cc(I)c(F)cc32)c(I)c1. The van der Waals surface area contributed by atoms with Crippen LogP contribution in [0.25, 0.3) is 16.7 Å². The highest BCUT2D eigenvalue weighted by molar-refractivity contribution is 14.1. The Hall–Kier alpha value is -0.480. The van der Waals surface area contributed by atoms with E-state index in [1.165, 1.54) is 18.2 Å². The van der Waals surface area contributed by atoms with Crippen LogP contribution in [0.2, 0.25) is 0 Å². The van der Waals surface area contributed by atoms with Crippen LogP contribution in [0.4, 0.5) is 8.78 Å². The maximum Gasteiger partial charge on any atom is 0.138 e. The summed E-state index contributed by atoms with van der Waals surface area (Å²) in [5.74, 6) is 0.140. The van der Waals surface area contributed by atoms with Gasteiger partial charge in [-0.3, -0.25) is 4.57 Å². The van der Waals surface area contributed by atoms with E-state index < -0.39 is 0 Å². The van der Waals surface area contributed by atoms with Crippen molar-refractivity contribution in [3.8, 4) is 5.69 Å². The van der Waals surface area contributed by atoms with E-state index in [2.05, 4.69) is 4.98 Å². The molecule has 0 N–H and O–H groups in total. The lowest BCUT2D eigenvalue weighted by Crippen LogP contribution is -2.02. The molecule has 0 saturated heterocycles. The summed E-state index contributed by atoms with van der Waals surface area (Å²) in [6.45, 7) is 0. The smallest absolute Gasteiger partial charge is 0.138 e. The number of nitrogens with zero attached hydrogens (tertiary/aromatic N) is 2. The average Bonchev–Trinajstić information content (AvgIpc) is 2.77. The highest BCUT2D eigenvalue weighted by Crippen LogP contribution is 2.28. The van der Waals surface area contributed by atoms with Gasteiger partial charge >= 0.3 is 0 Å². The summed E-state index contributed by atoms with van der Waals surface area (Å²) in [6, 6.07) is 7.53. The van der Waals surface area contributed by atoms with Gasteiger partial charge in [-0.1, -0.05) is 0 Å². The Morgan fingerprint density at radius 3 is 2.52 bits per heavy atom. The maximum absolute atomic E-state index is 13.9. The summed E-state index contributed by atoms with van der Waals surface area (Å²) in [6.07, 6.45) is 0. The van der Waals surface area contributed by atoms with Crippen molar-refractivity contribution in [2.75, 3.05) is 0 Å². The molecule has 2 nitrogen and oxygen atoms in total. The van der Waals surface area contributed by atoms with Gasteiger partial charge in [0.15, 0.2) is 0 Å². The number of hydrogen-bond donors (Lipinski definition) is 0. The molecule has 7 heteroatoms. The molecule has 0 bridgehead atoms. The lowest BCUT2D eigenvalue weighted by Gasteiger charge is -2.10. The summed E-state index contributed by atoms with van der Waals surface area (Å²) < 4.78 is 30.1. The van der Waals surface area contributed by atoms with Crippen LogP contribution in [-0.2, 0) is 5.88 Å². The van der Waals surface area contributed by atoms with Crippen molar-refractivity contribution in [2.45, 2.75) is 5.88 Å². The molecule has 0 saturated carbocycles. The largest absolute Gasteiger partial charge is 0.294 e. The molecular weight excluding hydrogens is 523 g/mol. The average molecular weight is 530 g/mol. The Kier molecular flexibility index (Phi) is 4.37. The second-order valence-electron chi connectivity index (χ2n) is 4.35. The van der Waals surface area contributed by atoms with Gasteiger partial charge in [-0.05, 0) is 69.4 Å². The zero-order valence-electron chi connectivity index (χ0n) is 10.4. The van der Waals surface area contributed by atoms with Crippen LogP contribution in [0, 0.1) is 18.8 Å². The first-order valence-corrected chi connectivity index (χ1v) is 8.58. The van der Waals surface area contributed by atoms with Crippen molar-refractivity contribution in [3.63, 3.8) is 0 Å². The number of halogens is 5. The van der Waals surface area contributed by atoms with Crippen LogP contribution >= 0.6 is 56.8 Å². The molecule has 0 aliphatic carbocycles. The van der Waals surface area contributed by atoms with E-state index in [4.69, 9.17) is 11.6 Å². The van der Waals surface area contributed by atoms with Gasteiger partial charge in [-0.15, -0.1) is 11.6 Å². The molecule has 3 rings (SSSR count). The number of rotatable bonds is 2. The molecule has 21 heavy (non-hydrogen) atoms. The van der Waals surface area contributed by atoms with Gasteiger partial charge in [0.1, 0.15) is 17.5 Å². The number of fused-ring (bicyclic) bond motifs is 1. The van der Waals surface area contributed by atoms with Crippen LogP contribution in [0.3, 0.4) is 0 Å². The Balaban J connectivity index is 2.37. The van der Waals surface area contributed by atoms with Crippen molar-refractivity contribution in [3.05, 3.63) is 54.9 Å². The minimum Gasteiger partial charge on any atom is -0.294 e. The Morgan fingerprint density at radius 2 is 1.86 bits per heavy atom. The van der Waals surface area contributed by atoms with E-state index in [0.717, 1.165) is 5.69 Å². The second kappa shape index (κ2) is 5.96. The van der Waals surface area contributed by atoms with Crippen LogP contribution in [0.1, 0.15) is 5.82 Å². The monoisotopic (exact) mass is 530 g/mol. The van der Waals surface area contributed by atoms with Gasteiger partial charge in [0.2, 0.25) is 0 Å². The van der Waals surface area contributed by atoms with E-state index in [-0.39, 0.29) is 17.5 Å². The number of aromatic nitrogens is 2. The van der Waals surface area contributed by atoms with Crippen molar-refractivity contribution >= 4 is 67.8 Å². The number of benzene rings is 2. The summed E-state index contributed by atoms with van der Waals surface area (Å²) in [5.41, 5.74) is 2.01. The molecule has 0 spiro atoms. The molecule has 0 unspecified atom stereocenters. The number of alkyl halides is 1. The van der Waals surface area contributed by atoms with E-state index in [1.54, 1.807) is 16.7 Å². The lowest BCUT2D eigenvalue weighted by molar-refractivity contribution is 0.621. The minimum atomic E-state index is -0.319. The molecule has 0 fully saturated rings. The predicted octanol–water partition coefficient (Wildman–Crippen LogP) is 5.25. The highest BCUT2D eigenvalue weighted by atomic mass is 127. The topological polar surface area (TPSA) is 17.8 Å². The lowest BCUT2D eigenvalue weighted by atomic mass is 10.2. The first kappa shape index (κ1) is 15.4. The van der Waals surface area contributed by atoms with E-state index in [0.29, 0.717) is 24.0 Å². The third-order valence-electron chi connectivity index (χ3n) is 3.04.